The molecule has 20 heavy (non-hydrogen) atoms. The second-order valence-electron chi connectivity index (χ2n) is 5.47. The SMILES string of the molecule is Cc1c(C(=O)C(=O)NCC(C)C)c2ccccc2n1C. The van der Waals surface area contributed by atoms with Gasteiger partial charge in [-0.05, 0) is 18.9 Å². The van der Waals surface area contributed by atoms with Gasteiger partial charge in [0, 0.05) is 30.2 Å². The van der Waals surface area contributed by atoms with Crippen LogP contribution < -0.4 is 5.32 Å². The van der Waals surface area contributed by atoms with Crippen LogP contribution in [0.2, 0.25) is 0 Å². The summed E-state index contributed by atoms with van der Waals surface area (Å²) >= 11 is 0. The van der Waals surface area contributed by atoms with Crippen LogP contribution in [-0.2, 0) is 11.8 Å². The third-order valence-corrected chi connectivity index (χ3v) is 3.50. The van der Waals surface area contributed by atoms with Crippen LogP contribution in [0.3, 0.4) is 0 Å². The molecule has 0 unspecified atom stereocenters. The number of rotatable bonds is 4. The smallest absolute Gasteiger partial charge is 0.292 e. The van der Waals surface area contributed by atoms with Gasteiger partial charge in [0.1, 0.15) is 0 Å². The highest BCUT2D eigenvalue weighted by Crippen LogP contribution is 2.25. The van der Waals surface area contributed by atoms with E-state index in [9.17, 15) is 9.59 Å². The largest absolute Gasteiger partial charge is 0.349 e. The van der Waals surface area contributed by atoms with Crippen LogP contribution in [0.1, 0.15) is 29.9 Å². The van der Waals surface area contributed by atoms with E-state index in [0.29, 0.717) is 18.0 Å². The molecule has 0 saturated carbocycles. The number of aromatic nitrogens is 1. The Kier molecular flexibility index (Phi) is 3.93. The maximum Gasteiger partial charge on any atom is 0.292 e. The van der Waals surface area contributed by atoms with Crippen molar-refractivity contribution >= 4 is 22.6 Å². The van der Waals surface area contributed by atoms with E-state index in [4.69, 9.17) is 0 Å². The van der Waals surface area contributed by atoms with Gasteiger partial charge in [-0.3, -0.25) is 9.59 Å². The van der Waals surface area contributed by atoms with Gasteiger partial charge in [-0.25, -0.2) is 0 Å². The van der Waals surface area contributed by atoms with Crippen LogP contribution in [0.5, 0.6) is 0 Å². The molecule has 1 amide bonds. The first-order chi connectivity index (χ1) is 9.43. The highest BCUT2D eigenvalue weighted by atomic mass is 16.2. The molecule has 2 rings (SSSR count). The van der Waals surface area contributed by atoms with Crippen molar-refractivity contribution in [2.75, 3.05) is 6.54 Å². The average molecular weight is 272 g/mol. The topological polar surface area (TPSA) is 51.1 Å². The van der Waals surface area contributed by atoms with Gasteiger partial charge in [0.15, 0.2) is 0 Å². The Hall–Kier alpha value is -2.10. The number of hydrogen-bond acceptors (Lipinski definition) is 2. The zero-order valence-corrected chi connectivity index (χ0v) is 12.4. The molecule has 0 saturated heterocycles. The van der Waals surface area contributed by atoms with Gasteiger partial charge in [0.05, 0.1) is 5.56 Å². The van der Waals surface area contributed by atoms with Gasteiger partial charge >= 0.3 is 0 Å². The van der Waals surface area contributed by atoms with Gasteiger partial charge in [0.25, 0.3) is 11.7 Å². The molecule has 1 N–H and O–H groups in total. The maximum absolute atomic E-state index is 12.4. The fourth-order valence-corrected chi connectivity index (χ4v) is 2.30. The minimum atomic E-state index is -0.529. The van der Waals surface area contributed by atoms with Gasteiger partial charge in [-0.2, -0.15) is 0 Å². The quantitative estimate of drug-likeness (QED) is 0.686. The number of Topliss-reactive ketones (excluding diaryl/α,β-unsaturated/α-hetero) is 1. The van der Waals surface area contributed by atoms with E-state index in [-0.39, 0.29) is 0 Å². The van der Waals surface area contributed by atoms with Gasteiger partial charge in [-0.1, -0.05) is 32.0 Å². The van der Waals surface area contributed by atoms with E-state index in [1.54, 1.807) is 0 Å². The molecular weight excluding hydrogens is 252 g/mol. The molecular formula is C16H20N2O2. The summed E-state index contributed by atoms with van der Waals surface area (Å²) in [6.45, 7) is 6.36. The number of nitrogens with zero attached hydrogens (tertiary/aromatic N) is 1. The number of ketones is 1. The molecule has 0 aliphatic heterocycles. The number of amides is 1. The number of aryl methyl sites for hydroxylation is 1. The molecule has 0 aliphatic carbocycles. The molecule has 0 bridgehead atoms. The predicted molar refractivity (Wildman–Crippen MR) is 79.8 cm³/mol. The molecule has 2 aromatic rings. The molecule has 1 heterocycles. The lowest BCUT2D eigenvalue weighted by Gasteiger charge is -2.07. The van der Waals surface area contributed by atoms with Crippen molar-refractivity contribution in [2.45, 2.75) is 20.8 Å². The van der Waals surface area contributed by atoms with Gasteiger partial charge < -0.3 is 9.88 Å². The number of para-hydroxylation sites is 1. The highest BCUT2D eigenvalue weighted by Gasteiger charge is 2.23. The Morgan fingerprint density at radius 2 is 1.90 bits per heavy atom. The van der Waals surface area contributed by atoms with Gasteiger partial charge in [0.2, 0.25) is 0 Å². The third kappa shape index (κ3) is 2.46. The summed E-state index contributed by atoms with van der Waals surface area (Å²) in [7, 11) is 1.90. The van der Waals surface area contributed by atoms with Crippen molar-refractivity contribution < 1.29 is 9.59 Å². The first-order valence-corrected chi connectivity index (χ1v) is 6.80. The van der Waals surface area contributed by atoms with Crippen molar-refractivity contribution in [1.29, 1.82) is 0 Å². The summed E-state index contributed by atoms with van der Waals surface area (Å²) < 4.78 is 1.94. The summed E-state index contributed by atoms with van der Waals surface area (Å²) in [6, 6.07) is 7.63. The summed E-state index contributed by atoms with van der Waals surface area (Å²) in [5.74, 6) is -0.668. The van der Waals surface area contributed by atoms with E-state index in [2.05, 4.69) is 5.32 Å². The summed E-state index contributed by atoms with van der Waals surface area (Å²) in [5.41, 5.74) is 2.28. The van der Waals surface area contributed by atoms with E-state index in [1.165, 1.54) is 0 Å². The van der Waals surface area contributed by atoms with Crippen molar-refractivity contribution in [1.82, 2.24) is 9.88 Å². The van der Waals surface area contributed by atoms with Crippen molar-refractivity contribution in [3.8, 4) is 0 Å². The molecule has 1 aromatic heterocycles. The minimum Gasteiger partial charge on any atom is -0.349 e. The van der Waals surface area contributed by atoms with E-state index in [0.717, 1.165) is 16.6 Å². The molecule has 0 radical (unpaired) electrons. The molecule has 0 fully saturated rings. The Balaban J connectivity index is 2.40. The lowest BCUT2D eigenvalue weighted by molar-refractivity contribution is -0.117. The van der Waals surface area contributed by atoms with Crippen molar-refractivity contribution in [3.63, 3.8) is 0 Å². The highest BCUT2D eigenvalue weighted by molar-refractivity contribution is 6.45. The fraction of sp³-hybridized carbons (Fsp3) is 0.375. The van der Waals surface area contributed by atoms with Crippen LogP contribution in [0.25, 0.3) is 10.9 Å². The number of carbonyl (C=O) groups is 2. The molecule has 0 aliphatic rings. The van der Waals surface area contributed by atoms with Crippen LogP contribution >= 0.6 is 0 Å². The van der Waals surface area contributed by atoms with E-state index >= 15 is 0 Å². The maximum atomic E-state index is 12.4. The number of carbonyl (C=O) groups excluding carboxylic acids is 2. The lowest BCUT2D eigenvalue weighted by Crippen LogP contribution is -2.33. The van der Waals surface area contributed by atoms with E-state index in [1.807, 2.05) is 56.7 Å². The van der Waals surface area contributed by atoms with Gasteiger partial charge in [-0.15, -0.1) is 0 Å². The fourth-order valence-electron chi connectivity index (χ4n) is 2.30. The van der Waals surface area contributed by atoms with Crippen molar-refractivity contribution in [2.24, 2.45) is 13.0 Å². The standard InChI is InChI=1S/C16H20N2O2/c1-10(2)9-17-16(20)15(19)14-11(3)18(4)13-8-6-5-7-12(13)14/h5-8,10H,9H2,1-4H3,(H,17,20). The number of benzene rings is 1. The first-order valence-electron chi connectivity index (χ1n) is 6.80. The summed E-state index contributed by atoms with van der Waals surface area (Å²) in [4.78, 5) is 24.4. The number of fused-ring (bicyclic) bond motifs is 1. The summed E-state index contributed by atoms with van der Waals surface area (Å²) in [6.07, 6.45) is 0. The Labute approximate surface area is 118 Å². The molecule has 0 atom stereocenters. The number of hydrogen-bond donors (Lipinski definition) is 1. The lowest BCUT2D eigenvalue weighted by atomic mass is 10.1. The second kappa shape index (κ2) is 5.49. The second-order valence-corrected chi connectivity index (χ2v) is 5.47. The minimum absolute atomic E-state index is 0.320. The van der Waals surface area contributed by atoms with E-state index < -0.39 is 11.7 Å². The van der Waals surface area contributed by atoms with Crippen LogP contribution in [-0.4, -0.2) is 22.8 Å². The molecule has 4 heteroatoms. The number of nitrogens with one attached hydrogen (secondary N) is 1. The first kappa shape index (κ1) is 14.3. The zero-order chi connectivity index (χ0) is 14.9. The van der Waals surface area contributed by atoms with Crippen LogP contribution in [0.4, 0.5) is 0 Å². The van der Waals surface area contributed by atoms with Crippen LogP contribution in [0, 0.1) is 12.8 Å². The normalized spacial score (nSPS) is 11.1. The predicted octanol–water partition coefficient (Wildman–Crippen LogP) is 2.44. The molecule has 1 aromatic carbocycles. The molecule has 0 spiro atoms. The zero-order valence-electron chi connectivity index (χ0n) is 12.4. The monoisotopic (exact) mass is 272 g/mol. The molecule has 4 nitrogen and oxygen atoms in total. The molecule has 106 valence electrons. The Morgan fingerprint density at radius 1 is 1.25 bits per heavy atom. The third-order valence-electron chi connectivity index (χ3n) is 3.50. The Morgan fingerprint density at radius 3 is 2.55 bits per heavy atom. The van der Waals surface area contributed by atoms with Crippen LogP contribution in [0.15, 0.2) is 24.3 Å². The summed E-state index contributed by atoms with van der Waals surface area (Å²) in [5, 5.41) is 3.51. The van der Waals surface area contributed by atoms with Crippen molar-refractivity contribution in [3.05, 3.63) is 35.5 Å². The Bertz CT molecular complexity index is 668. The average Bonchev–Trinajstić information content (AvgIpc) is 2.68.